The van der Waals surface area contributed by atoms with E-state index in [0.717, 1.165) is 12.8 Å². The van der Waals surface area contributed by atoms with Gasteiger partial charge < -0.3 is 14.7 Å². The first-order valence-corrected chi connectivity index (χ1v) is 8.31. The number of hydrogen-bond acceptors (Lipinski definition) is 5. The molecule has 0 bridgehead atoms. The lowest BCUT2D eigenvalue weighted by molar-refractivity contribution is 0.0211. The zero-order valence-corrected chi connectivity index (χ0v) is 14.6. The lowest BCUT2D eigenvalue weighted by atomic mass is 10.1. The molecule has 134 valence electrons. The number of para-hydroxylation sites is 1. The number of carbonyl (C=O) groups is 2. The van der Waals surface area contributed by atoms with E-state index in [9.17, 15) is 14.7 Å². The van der Waals surface area contributed by atoms with Crippen molar-refractivity contribution in [2.45, 2.75) is 51.8 Å². The summed E-state index contributed by atoms with van der Waals surface area (Å²) in [4.78, 5) is 25.6. The maximum absolute atomic E-state index is 12.4. The number of benzene rings is 1. The van der Waals surface area contributed by atoms with Crippen molar-refractivity contribution in [2.75, 3.05) is 6.54 Å². The first kappa shape index (κ1) is 17.2. The molecule has 0 aliphatic carbocycles. The van der Waals surface area contributed by atoms with Gasteiger partial charge in [0.25, 0.3) is 0 Å². The highest BCUT2D eigenvalue weighted by molar-refractivity contribution is 6.00. The van der Waals surface area contributed by atoms with Gasteiger partial charge in [-0.1, -0.05) is 11.3 Å². The van der Waals surface area contributed by atoms with Gasteiger partial charge in [-0.3, -0.25) is 0 Å². The van der Waals surface area contributed by atoms with Crippen LogP contribution in [0.15, 0.2) is 18.2 Å². The van der Waals surface area contributed by atoms with Crippen LogP contribution in [0.5, 0.6) is 0 Å². The summed E-state index contributed by atoms with van der Waals surface area (Å²) in [6.07, 6.45) is 1.34. The van der Waals surface area contributed by atoms with Crippen LogP contribution in [-0.4, -0.2) is 55.3 Å². The Bertz CT molecular complexity index is 809. The zero-order chi connectivity index (χ0) is 18.2. The third-order valence-corrected chi connectivity index (χ3v) is 4.15. The third kappa shape index (κ3) is 3.57. The van der Waals surface area contributed by atoms with Crippen molar-refractivity contribution in [1.82, 2.24) is 19.9 Å². The summed E-state index contributed by atoms with van der Waals surface area (Å²) in [5.41, 5.74) is 0.609. The fourth-order valence-corrected chi connectivity index (χ4v) is 3.12. The summed E-state index contributed by atoms with van der Waals surface area (Å²) in [5, 5.41) is 17.5. The van der Waals surface area contributed by atoms with Crippen LogP contribution in [0.25, 0.3) is 11.0 Å². The van der Waals surface area contributed by atoms with E-state index in [4.69, 9.17) is 4.74 Å². The quantitative estimate of drug-likeness (QED) is 0.917. The van der Waals surface area contributed by atoms with Crippen LogP contribution in [-0.2, 0) is 11.3 Å². The lowest BCUT2D eigenvalue weighted by Crippen LogP contribution is -2.41. The number of aromatic carboxylic acids is 1. The third-order valence-electron chi connectivity index (χ3n) is 4.15. The number of ether oxygens (including phenoxy) is 1. The Labute approximate surface area is 145 Å². The molecule has 0 radical (unpaired) electrons. The maximum atomic E-state index is 12.4. The molecular weight excluding hydrogens is 324 g/mol. The van der Waals surface area contributed by atoms with Crippen LogP contribution in [0.3, 0.4) is 0 Å². The predicted octanol–water partition coefficient (Wildman–Crippen LogP) is 2.53. The summed E-state index contributed by atoms with van der Waals surface area (Å²) in [5.74, 6) is -1.02. The number of nitrogens with zero attached hydrogens (tertiary/aromatic N) is 4. The minimum absolute atomic E-state index is 0.0957. The molecule has 1 atom stereocenters. The largest absolute Gasteiger partial charge is 0.478 e. The molecule has 1 aliphatic heterocycles. The van der Waals surface area contributed by atoms with Gasteiger partial charge in [-0.15, -0.1) is 5.10 Å². The molecule has 25 heavy (non-hydrogen) atoms. The highest BCUT2D eigenvalue weighted by atomic mass is 16.6. The van der Waals surface area contributed by atoms with Crippen LogP contribution in [0.1, 0.15) is 44.0 Å². The Morgan fingerprint density at radius 3 is 2.80 bits per heavy atom. The van der Waals surface area contributed by atoms with Crippen LogP contribution in [0.2, 0.25) is 0 Å². The molecule has 1 N–H and O–H groups in total. The molecule has 2 heterocycles. The van der Waals surface area contributed by atoms with Crippen molar-refractivity contribution in [1.29, 1.82) is 0 Å². The highest BCUT2D eigenvalue weighted by Crippen LogP contribution is 2.24. The van der Waals surface area contributed by atoms with E-state index >= 15 is 0 Å². The van der Waals surface area contributed by atoms with Crippen molar-refractivity contribution in [3.8, 4) is 0 Å². The van der Waals surface area contributed by atoms with E-state index in [1.54, 1.807) is 21.7 Å². The van der Waals surface area contributed by atoms with Gasteiger partial charge in [0.2, 0.25) is 0 Å². The second-order valence-electron chi connectivity index (χ2n) is 7.22. The van der Waals surface area contributed by atoms with Crippen molar-refractivity contribution in [3.05, 3.63) is 23.8 Å². The number of hydrogen-bond donors (Lipinski definition) is 1. The lowest BCUT2D eigenvalue weighted by Gasteiger charge is -2.28. The average molecular weight is 346 g/mol. The summed E-state index contributed by atoms with van der Waals surface area (Å²) >= 11 is 0. The second kappa shape index (κ2) is 6.34. The molecule has 1 aromatic heterocycles. The number of carbonyl (C=O) groups excluding carboxylic acids is 1. The van der Waals surface area contributed by atoms with Crippen molar-refractivity contribution in [2.24, 2.45) is 0 Å². The van der Waals surface area contributed by atoms with E-state index in [0.29, 0.717) is 24.1 Å². The van der Waals surface area contributed by atoms with Crippen molar-refractivity contribution < 1.29 is 19.4 Å². The molecular formula is C17H22N4O4. The summed E-state index contributed by atoms with van der Waals surface area (Å²) in [6, 6.07) is 4.81. The van der Waals surface area contributed by atoms with Gasteiger partial charge in [-0.25, -0.2) is 14.3 Å². The Hall–Kier alpha value is -2.64. The number of carboxylic acids is 1. The van der Waals surface area contributed by atoms with Crippen molar-refractivity contribution >= 4 is 23.1 Å². The molecule has 3 rings (SSSR count). The topological polar surface area (TPSA) is 97.5 Å². The van der Waals surface area contributed by atoms with E-state index in [2.05, 4.69) is 10.3 Å². The fraction of sp³-hybridized carbons (Fsp3) is 0.529. The molecule has 1 fully saturated rings. The fourth-order valence-electron chi connectivity index (χ4n) is 3.12. The van der Waals surface area contributed by atoms with Gasteiger partial charge in [0, 0.05) is 6.54 Å². The molecule has 2 aromatic rings. The van der Waals surface area contributed by atoms with Crippen LogP contribution in [0, 0.1) is 0 Å². The molecule has 8 nitrogen and oxygen atoms in total. The van der Waals surface area contributed by atoms with Crippen LogP contribution in [0.4, 0.5) is 4.79 Å². The molecule has 1 aromatic carbocycles. The Balaban J connectivity index is 1.86. The highest BCUT2D eigenvalue weighted by Gasteiger charge is 2.33. The standard InChI is InChI=1S/C17H22N4O4/c1-17(2,3)25-16(24)20-9-5-6-11(20)10-21-14-12(15(22)23)7-4-8-13(14)18-19-21/h4,7-8,11H,5-6,9-10H2,1-3H3,(H,22,23). The number of aromatic nitrogens is 3. The smallest absolute Gasteiger partial charge is 0.410 e. The first-order valence-electron chi connectivity index (χ1n) is 8.31. The van der Waals surface area contributed by atoms with Gasteiger partial charge in [-0.2, -0.15) is 0 Å². The number of carboxylic acid groups (broad SMARTS) is 1. The van der Waals surface area contributed by atoms with Gasteiger partial charge in [0.1, 0.15) is 16.6 Å². The number of amides is 1. The van der Waals surface area contributed by atoms with Gasteiger partial charge in [0.15, 0.2) is 0 Å². The van der Waals surface area contributed by atoms with E-state index < -0.39 is 11.6 Å². The van der Waals surface area contributed by atoms with E-state index in [1.165, 1.54) is 6.07 Å². The molecule has 1 saturated heterocycles. The number of fused-ring (bicyclic) bond motifs is 1. The van der Waals surface area contributed by atoms with Crippen LogP contribution < -0.4 is 0 Å². The van der Waals surface area contributed by atoms with Gasteiger partial charge >= 0.3 is 12.1 Å². The Morgan fingerprint density at radius 2 is 2.12 bits per heavy atom. The molecule has 1 unspecified atom stereocenters. The summed E-state index contributed by atoms with van der Waals surface area (Å²) in [6.45, 7) is 6.51. The molecule has 0 spiro atoms. The number of likely N-dealkylation sites (tertiary alicyclic amines) is 1. The first-order chi connectivity index (χ1) is 11.8. The molecule has 8 heteroatoms. The molecule has 0 saturated carbocycles. The predicted molar refractivity (Wildman–Crippen MR) is 90.4 cm³/mol. The Morgan fingerprint density at radius 1 is 1.36 bits per heavy atom. The normalized spacial score (nSPS) is 17.9. The molecule has 1 aliphatic rings. The van der Waals surface area contributed by atoms with Crippen molar-refractivity contribution in [3.63, 3.8) is 0 Å². The molecule has 1 amide bonds. The maximum Gasteiger partial charge on any atom is 0.410 e. The SMILES string of the molecule is CC(C)(C)OC(=O)N1CCCC1Cn1nnc2cccc(C(=O)O)c21. The van der Waals surface area contributed by atoms with Gasteiger partial charge in [-0.05, 0) is 45.7 Å². The summed E-state index contributed by atoms with van der Waals surface area (Å²) < 4.78 is 7.04. The minimum atomic E-state index is -1.02. The monoisotopic (exact) mass is 346 g/mol. The second-order valence-corrected chi connectivity index (χ2v) is 7.22. The van der Waals surface area contributed by atoms with Gasteiger partial charge in [0.05, 0.1) is 18.2 Å². The number of rotatable bonds is 3. The zero-order valence-electron chi connectivity index (χ0n) is 14.6. The van der Waals surface area contributed by atoms with E-state index in [1.807, 2.05) is 20.8 Å². The minimum Gasteiger partial charge on any atom is -0.478 e. The van der Waals surface area contributed by atoms with E-state index in [-0.39, 0.29) is 17.7 Å². The Kier molecular flexibility index (Phi) is 4.36. The average Bonchev–Trinajstić information content (AvgIpc) is 3.13. The van der Waals surface area contributed by atoms with Crippen LogP contribution >= 0.6 is 0 Å². The summed E-state index contributed by atoms with van der Waals surface area (Å²) in [7, 11) is 0.